The van der Waals surface area contributed by atoms with E-state index < -0.39 is 0 Å². The highest BCUT2D eigenvalue weighted by atomic mass is 16.5. The molecule has 0 unspecified atom stereocenters. The minimum Gasteiger partial charge on any atom is -0.493 e. The fraction of sp³-hybridized carbons (Fsp3) is 0.450. The summed E-state index contributed by atoms with van der Waals surface area (Å²) in [5.41, 5.74) is 11.9. The third kappa shape index (κ3) is 6.75. The van der Waals surface area contributed by atoms with Crippen molar-refractivity contribution < 1.29 is 9.47 Å². The van der Waals surface area contributed by atoms with Gasteiger partial charge in [0.1, 0.15) is 5.75 Å². The molecule has 26 heavy (non-hydrogen) atoms. The van der Waals surface area contributed by atoms with Crippen molar-refractivity contribution in [2.24, 2.45) is 5.11 Å². The molecule has 0 aliphatic carbocycles. The van der Waals surface area contributed by atoms with Gasteiger partial charge in [0.05, 0.1) is 19.3 Å². The molecule has 1 heterocycles. The van der Waals surface area contributed by atoms with E-state index >= 15 is 0 Å². The maximum atomic E-state index is 8.46. The van der Waals surface area contributed by atoms with Crippen molar-refractivity contribution in [1.29, 1.82) is 0 Å². The van der Waals surface area contributed by atoms with Crippen LogP contribution < -0.4 is 4.74 Å². The average molecular weight is 354 g/mol. The zero-order valence-corrected chi connectivity index (χ0v) is 15.5. The van der Waals surface area contributed by atoms with Gasteiger partial charge < -0.3 is 9.47 Å². The van der Waals surface area contributed by atoms with Crippen molar-refractivity contribution in [3.05, 3.63) is 69.9 Å². The molecule has 0 saturated heterocycles. The quantitative estimate of drug-likeness (QED) is 0.338. The van der Waals surface area contributed by atoms with Gasteiger partial charge in [0, 0.05) is 29.8 Å². The number of aryl methyl sites for hydroxylation is 1. The van der Waals surface area contributed by atoms with E-state index in [1.165, 1.54) is 5.56 Å². The molecule has 0 N–H and O–H groups in total. The van der Waals surface area contributed by atoms with Crippen molar-refractivity contribution in [2.75, 3.05) is 19.8 Å². The number of benzene rings is 1. The molecule has 6 nitrogen and oxygen atoms in total. The summed E-state index contributed by atoms with van der Waals surface area (Å²) in [5, 5.41) is 3.61. The Bertz CT molecular complexity index is 695. The number of hydrogen-bond donors (Lipinski definition) is 0. The molecule has 0 aliphatic heterocycles. The standard InChI is InChI=1S/C20H26N4O2/c1-3-16-5-8-18(22-14-16)11-12-26-19-9-6-17(7-10-19)13-20(25-4-2)15-23-24-21/h5-10,14,20H,3-4,11-13,15H2,1-2H3/t20-/m0/s1. The van der Waals surface area contributed by atoms with Crippen LogP contribution in [0.3, 0.4) is 0 Å². The number of ether oxygens (including phenoxy) is 2. The van der Waals surface area contributed by atoms with Gasteiger partial charge in [0.2, 0.25) is 0 Å². The molecule has 1 aromatic carbocycles. The largest absolute Gasteiger partial charge is 0.493 e. The van der Waals surface area contributed by atoms with Crippen LogP contribution in [-0.4, -0.2) is 30.8 Å². The first-order valence-electron chi connectivity index (χ1n) is 9.03. The molecule has 0 amide bonds. The Morgan fingerprint density at radius 2 is 1.88 bits per heavy atom. The molecule has 1 atom stereocenters. The van der Waals surface area contributed by atoms with E-state index in [4.69, 9.17) is 15.0 Å². The summed E-state index contributed by atoms with van der Waals surface area (Å²) in [4.78, 5) is 7.24. The van der Waals surface area contributed by atoms with Crippen molar-refractivity contribution >= 4 is 0 Å². The Kier molecular flexibility index (Phi) is 8.46. The molecule has 2 aromatic rings. The van der Waals surface area contributed by atoms with Crippen LogP contribution in [0.1, 0.15) is 30.7 Å². The molecular weight excluding hydrogens is 328 g/mol. The van der Waals surface area contributed by atoms with Crippen molar-refractivity contribution in [1.82, 2.24) is 4.98 Å². The first-order valence-corrected chi connectivity index (χ1v) is 9.03. The number of pyridine rings is 1. The van der Waals surface area contributed by atoms with Crippen molar-refractivity contribution in [2.45, 2.75) is 39.2 Å². The zero-order chi connectivity index (χ0) is 18.6. The maximum Gasteiger partial charge on any atom is 0.119 e. The Morgan fingerprint density at radius 1 is 1.12 bits per heavy atom. The topological polar surface area (TPSA) is 80.1 Å². The number of rotatable bonds is 11. The van der Waals surface area contributed by atoms with Crippen molar-refractivity contribution in [3.8, 4) is 5.75 Å². The second-order valence-electron chi connectivity index (χ2n) is 5.95. The van der Waals surface area contributed by atoms with Gasteiger partial charge in [-0.05, 0) is 54.6 Å². The van der Waals surface area contributed by atoms with Gasteiger partial charge in [0.15, 0.2) is 0 Å². The van der Waals surface area contributed by atoms with Gasteiger partial charge in [-0.1, -0.05) is 30.2 Å². The molecule has 0 spiro atoms. The van der Waals surface area contributed by atoms with Gasteiger partial charge >= 0.3 is 0 Å². The normalized spacial score (nSPS) is 11.6. The number of aromatic nitrogens is 1. The summed E-state index contributed by atoms with van der Waals surface area (Å²) in [6.45, 7) is 5.59. The van der Waals surface area contributed by atoms with Gasteiger partial charge in [0.25, 0.3) is 0 Å². The minimum atomic E-state index is -0.0974. The van der Waals surface area contributed by atoms with Crippen LogP contribution >= 0.6 is 0 Å². The Labute approximate surface area is 154 Å². The maximum absolute atomic E-state index is 8.46. The van der Waals surface area contributed by atoms with Crippen molar-refractivity contribution in [3.63, 3.8) is 0 Å². The lowest BCUT2D eigenvalue weighted by atomic mass is 10.1. The summed E-state index contributed by atoms with van der Waals surface area (Å²) >= 11 is 0. The molecule has 0 fully saturated rings. The van der Waals surface area contributed by atoms with Crippen LogP contribution in [0, 0.1) is 0 Å². The van der Waals surface area contributed by atoms with Gasteiger partial charge in [-0.25, -0.2) is 0 Å². The molecule has 1 aromatic heterocycles. The smallest absolute Gasteiger partial charge is 0.119 e. The SMILES string of the molecule is CCO[C@H](CN=[N+]=[N-])Cc1ccc(OCCc2ccc(CC)cn2)cc1. The van der Waals surface area contributed by atoms with E-state index in [-0.39, 0.29) is 6.10 Å². The Balaban J connectivity index is 1.81. The first kappa shape index (κ1) is 19.8. The molecule has 0 radical (unpaired) electrons. The van der Waals surface area contributed by atoms with Crippen LogP contribution in [0.2, 0.25) is 0 Å². The fourth-order valence-electron chi connectivity index (χ4n) is 2.61. The summed E-state index contributed by atoms with van der Waals surface area (Å²) in [6.07, 6.45) is 4.32. The fourth-order valence-corrected chi connectivity index (χ4v) is 2.61. The van der Waals surface area contributed by atoms with Crippen LogP contribution in [0.5, 0.6) is 5.75 Å². The van der Waals surface area contributed by atoms with E-state index in [1.54, 1.807) is 0 Å². The summed E-state index contributed by atoms with van der Waals surface area (Å²) < 4.78 is 11.4. The van der Waals surface area contributed by atoms with E-state index in [2.05, 4.69) is 34.1 Å². The Hall–Kier alpha value is -2.56. The lowest BCUT2D eigenvalue weighted by Crippen LogP contribution is -2.19. The number of hydrogen-bond acceptors (Lipinski definition) is 4. The summed E-state index contributed by atoms with van der Waals surface area (Å²) in [6, 6.07) is 12.1. The monoisotopic (exact) mass is 354 g/mol. The molecule has 0 bridgehead atoms. The second kappa shape index (κ2) is 11.1. The van der Waals surface area contributed by atoms with Gasteiger partial charge in [-0.3, -0.25) is 4.98 Å². The van der Waals surface area contributed by atoms with E-state index in [9.17, 15) is 0 Å². The molecule has 2 rings (SSSR count). The van der Waals surface area contributed by atoms with E-state index in [0.717, 1.165) is 29.8 Å². The number of nitrogens with zero attached hydrogens (tertiary/aromatic N) is 4. The van der Waals surface area contributed by atoms with Crippen LogP contribution in [0.25, 0.3) is 10.4 Å². The highest BCUT2D eigenvalue weighted by Crippen LogP contribution is 2.15. The number of azide groups is 1. The van der Waals surface area contributed by atoms with Crippen LogP contribution in [0.15, 0.2) is 47.7 Å². The lowest BCUT2D eigenvalue weighted by Gasteiger charge is -2.15. The van der Waals surface area contributed by atoms with Crippen LogP contribution in [0.4, 0.5) is 0 Å². The molecular formula is C20H26N4O2. The van der Waals surface area contributed by atoms with Crippen LogP contribution in [-0.2, 0) is 24.0 Å². The average Bonchev–Trinajstić information content (AvgIpc) is 2.68. The Morgan fingerprint density at radius 3 is 2.50 bits per heavy atom. The van der Waals surface area contributed by atoms with Gasteiger partial charge in [-0.15, -0.1) is 0 Å². The predicted molar refractivity (Wildman–Crippen MR) is 102 cm³/mol. The third-order valence-corrected chi connectivity index (χ3v) is 4.06. The lowest BCUT2D eigenvalue weighted by molar-refractivity contribution is 0.0695. The highest BCUT2D eigenvalue weighted by Gasteiger charge is 2.08. The highest BCUT2D eigenvalue weighted by molar-refractivity contribution is 5.27. The molecule has 6 heteroatoms. The van der Waals surface area contributed by atoms with Gasteiger partial charge in [-0.2, -0.15) is 0 Å². The molecule has 0 aliphatic rings. The molecule has 0 saturated carbocycles. The molecule has 138 valence electrons. The third-order valence-electron chi connectivity index (χ3n) is 4.06. The summed E-state index contributed by atoms with van der Waals surface area (Å²) in [7, 11) is 0. The van der Waals surface area contributed by atoms with E-state index in [1.807, 2.05) is 37.4 Å². The predicted octanol–water partition coefficient (Wildman–Crippen LogP) is 4.52. The summed E-state index contributed by atoms with van der Waals surface area (Å²) in [5.74, 6) is 0.835. The second-order valence-corrected chi connectivity index (χ2v) is 5.95. The van der Waals surface area contributed by atoms with E-state index in [0.29, 0.717) is 26.2 Å². The first-order chi connectivity index (χ1) is 12.7. The minimum absolute atomic E-state index is 0.0974. The zero-order valence-electron chi connectivity index (χ0n) is 15.5.